The summed E-state index contributed by atoms with van der Waals surface area (Å²) in [5.74, 6) is -0.398. The largest absolute Gasteiger partial charge is 0.378 e. The number of carbonyl (C=O) groups excluding carboxylic acids is 1. The first-order valence-electron chi connectivity index (χ1n) is 7.68. The lowest BCUT2D eigenvalue weighted by atomic mass is 10.2. The molecule has 0 radical (unpaired) electrons. The van der Waals surface area contributed by atoms with E-state index in [0.717, 1.165) is 10.7 Å². The molecule has 1 amide bonds. The number of rotatable bonds is 3. The van der Waals surface area contributed by atoms with Crippen LogP contribution in [-0.4, -0.2) is 31.4 Å². The summed E-state index contributed by atoms with van der Waals surface area (Å²) in [5.41, 5.74) is 2.70. The van der Waals surface area contributed by atoms with Crippen molar-refractivity contribution in [1.82, 2.24) is 0 Å². The zero-order valence-corrected chi connectivity index (χ0v) is 16.6. The summed E-state index contributed by atoms with van der Waals surface area (Å²) in [6, 6.07) is 10.6. The van der Waals surface area contributed by atoms with Crippen LogP contribution in [0.25, 0.3) is 0 Å². The average Bonchev–Trinajstić information content (AvgIpc) is 2.82. The Morgan fingerprint density at radius 2 is 1.62 bits per heavy atom. The van der Waals surface area contributed by atoms with Gasteiger partial charge >= 0.3 is 0 Å². The van der Waals surface area contributed by atoms with Gasteiger partial charge < -0.3 is 4.90 Å². The van der Waals surface area contributed by atoms with Gasteiger partial charge in [-0.2, -0.15) is 10.1 Å². The Kier molecular flexibility index (Phi) is 5.23. The van der Waals surface area contributed by atoms with Crippen molar-refractivity contribution in [3.05, 3.63) is 51.5 Å². The van der Waals surface area contributed by atoms with Crippen LogP contribution in [0.5, 0.6) is 0 Å². The van der Waals surface area contributed by atoms with Crippen molar-refractivity contribution in [3.8, 4) is 0 Å². The molecule has 0 bridgehead atoms. The summed E-state index contributed by atoms with van der Waals surface area (Å²) < 4.78 is 0. The molecule has 0 saturated heterocycles. The molecule has 5 nitrogen and oxygen atoms in total. The number of benzene rings is 2. The number of hydrogen-bond acceptors (Lipinski definition) is 4. The lowest BCUT2D eigenvalue weighted by Crippen LogP contribution is -2.27. The van der Waals surface area contributed by atoms with Gasteiger partial charge in [-0.15, -0.1) is 0 Å². The van der Waals surface area contributed by atoms with Gasteiger partial charge in [-0.05, 0) is 43.3 Å². The maximum atomic E-state index is 12.8. The van der Waals surface area contributed by atoms with E-state index in [2.05, 4.69) is 10.1 Å². The zero-order chi connectivity index (χ0) is 19.0. The Labute approximate surface area is 166 Å². The van der Waals surface area contributed by atoms with Crippen LogP contribution in [0.1, 0.15) is 6.92 Å². The average molecular weight is 410 g/mol. The molecule has 0 atom stereocenters. The van der Waals surface area contributed by atoms with Crippen LogP contribution in [0.4, 0.5) is 17.1 Å². The fourth-order valence-corrected chi connectivity index (χ4v) is 3.45. The van der Waals surface area contributed by atoms with Gasteiger partial charge in [0, 0.05) is 24.8 Å². The van der Waals surface area contributed by atoms with Gasteiger partial charge in [0.15, 0.2) is 5.71 Å². The highest BCUT2D eigenvalue weighted by atomic mass is 35.5. The third-order valence-corrected chi connectivity index (χ3v) is 4.58. The molecule has 0 fully saturated rings. The van der Waals surface area contributed by atoms with E-state index in [1.54, 1.807) is 6.92 Å². The molecule has 1 aliphatic rings. The summed E-state index contributed by atoms with van der Waals surface area (Å²) in [4.78, 5) is 19.2. The third kappa shape index (κ3) is 3.56. The number of carbonyl (C=O) groups is 1. The number of nitrogens with zero attached hydrogens (tertiary/aromatic N) is 4. The Balaban J connectivity index is 1.96. The van der Waals surface area contributed by atoms with Gasteiger partial charge in [0.1, 0.15) is 5.69 Å². The number of anilines is 2. The normalized spacial score (nSPS) is 15.6. The first-order chi connectivity index (χ1) is 12.3. The summed E-state index contributed by atoms with van der Waals surface area (Å²) in [6.45, 7) is 1.71. The van der Waals surface area contributed by atoms with Gasteiger partial charge in [0.05, 0.1) is 21.4 Å². The standard InChI is InChI=1S/C18H15Cl3N4O/c1-10-16(22-12-4-6-13(7-5-12)24(2)3)18(26)25(23-10)17-14(20)8-11(19)9-15(17)21/h4-9H,1-3H3. The summed E-state index contributed by atoms with van der Waals surface area (Å²) in [6.07, 6.45) is 0. The van der Waals surface area contributed by atoms with Crippen LogP contribution in [0.3, 0.4) is 0 Å². The molecule has 0 N–H and O–H groups in total. The highest BCUT2D eigenvalue weighted by Gasteiger charge is 2.33. The smallest absolute Gasteiger partial charge is 0.299 e. The predicted molar refractivity (Wildman–Crippen MR) is 110 cm³/mol. The van der Waals surface area contributed by atoms with Crippen LogP contribution in [-0.2, 0) is 4.79 Å². The Bertz CT molecular complexity index is 913. The third-order valence-electron chi connectivity index (χ3n) is 3.79. The molecule has 26 heavy (non-hydrogen) atoms. The highest BCUT2D eigenvalue weighted by Crippen LogP contribution is 2.38. The van der Waals surface area contributed by atoms with Gasteiger partial charge in [0.25, 0.3) is 5.91 Å². The van der Waals surface area contributed by atoms with E-state index < -0.39 is 5.91 Å². The monoisotopic (exact) mass is 408 g/mol. The van der Waals surface area contributed by atoms with Crippen molar-refractivity contribution in [3.63, 3.8) is 0 Å². The van der Waals surface area contributed by atoms with Gasteiger partial charge in [-0.1, -0.05) is 34.8 Å². The molecule has 0 aromatic heterocycles. The summed E-state index contributed by atoms with van der Waals surface area (Å²) in [5, 5.41) is 6.28. The van der Waals surface area contributed by atoms with Crippen LogP contribution < -0.4 is 9.91 Å². The topological polar surface area (TPSA) is 48.3 Å². The van der Waals surface area contributed by atoms with Gasteiger partial charge in [-0.3, -0.25) is 4.79 Å². The number of aliphatic imine (C=N–C) groups is 1. The van der Waals surface area contributed by atoms with Crippen LogP contribution >= 0.6 is 34.8 Å². The van der Waals surface area contributed by atoms with Crippen molar-refractivity contribution >= 4 is 69.2 Å². The van der Waals surface area contributed by atoms with Crippen molar-refractivity contribution in [2.45, 2.75) is 6.92 Å². The Hall–Kier alpha value is -2.08. The Morgan fingerprint density at radius 3 is 2.15 bits per heavy atom. The molecule has 3 rings (SSSR count). The van der Waals surface area contributed by atoms with E-state index in [0.29, 0.717) is 16.4 Å². The first kappa shape index (κ1) is 18.7. The molecular weight excluding hydrogens is 395 g/mol. The van der Waals surface area contributed by atoms with E-state index in [1.807, 2.05) is 43.3 Å². The van der Waals surface area contributed by atoms with Gasteiger partial charge in [-0.25, -0.2) is 4.99 Å². The number of hydrogen-bond donors (Lipinski definition) is 0. The second-order valence-electron chi connectivity index (χ2n) is 5.89. The van der Waals surface area contributed by atoms with Crippen molar-refractivity contribution in [2.75, 3.05) is 24.0 Å². The van der Waals surface area contributed by atoms with Crippen LogP contribution in [0.2, 0.25) is 15.1 Å². The maximum Gasteiger partial charge on any atom is 0.299 e. The quantitative estimate of drug-likeness (QED) is 0.699. The van der Waals surface area contributed by atoms with Gasteiger partial charge in [0.2, 0.25) is 0 Å². The maximum absolute atomic E-state index is 12.8. The molecule has 0 saturated carbocycles. The van der Waals surface area contributed by atoms with Crippen molar-refractivity contribution < 1.29 is 4.79 Å². The molecule has 0 aliphatic carbocycles. The predicted octanol–water partition coefficient (Wildman–Crippen LogP) is 5.21. The van der Waals surface area contributed by atoms with Crippen LogP contribution in [0.15, 0.2) is 46.5 Å². The lowest BCUT2D eigenvalue weighted by Gasteiger charge is -2.15. The molecule has 2 aromatic carbocycles. The SMILES string of the molecule is CC1=NN(c2c(Cl)cc(Cl)cc2Cl)C(=O)C1=Nc1ccc(N(C)C)cc1. The fourth-order valence-electron chi connectivity index (χ4n) is 2.47. The fraction of sp³-hybridized carbons (Fsp3) is 0.167. The minimum Gasteiger partial charge on any atom is -0.378 e. The molecule has 8 heteroatoms. The minimum absolute atomic E-state index is 0.240. The molecular formula is C18H15Cl3N4O. The summed E-state index contributed by atoms with van der Waals surface area (Å²) in [7, 11) is 3.91. The van der Waals surface area contributed by atoms with Crippen LogP contribution in [0, 0.1) is 0 Å². The first-order valence-corrected chi connectivity index (χ1v) is 8.82. The second-order valence-corrected chi connectivity index (χ2v) is 7.14. The van der Waals surface area contributed by atoms with E-state index >= 15 is 0 Å². The molecule has 0 unspecified atom stereocenters. The second kappa shape index (κ2) is 7.27. The molecule has 0 spiro atoms. The number of halogens is 3. The lowest BCUT2D eigenvalue weighted by molar-refractivity contribution is -0.112. The number of amides is 1. The molecule has 1 heterocycles. The van der Waals surface area contributed by atoms with E-state index in [4.69, 9.17) is 34.8 Å². The molecule has 1 aliphatic heterocycles. The molecule has 134 valence electrons. The minimum atomic E-state index is -0.398. The number of hydrazone groups is 1. The van der Waals surface area contributed by atoms with Crippen molar-refractivity contribution in [2.24, 2.45) is 10.1 Å². The highest BCUT2D eigenvalue weighted by molar-refractivity contribution is 6.71. The Morgan fingerprint density at radius 1 is 1.04 bits per heavy atom. The van der Waals surface area contributed by atoms with E-state index in [1.165, 1.54) is 12.1 Å². The molecule has 2 aromatic rings. The van der Waals surface area contributed by atoms with E-state index in [-0.39, 0.29) is 21.4 Å². The van der Waals surface area contributed by atoms with Crippen molar-refractivity contribution in [1.29, 1.82) is 0 Å². The van der Waals surface area contributed by atoms with E-state index in [9.17, 15) is 4.79 Å². The summed E-state index contributed by atoms with van der Waals surface area (Å²) >= 11 is 18.3. The zero-order valence-electron chi connectivity index (χ0n) is 14.3.